The molecule has 1 aliphatic heterocycles. The number of hydrogen-bond acceptors (Lipinski definition) is 5. The van der Waals surface area contributed by atoms with E-state index in [1.54, 1.807) is 11.3 Å². The van der Waals surface area contributed by atoms with E-state index in [9.17, 15) is 0 Å². The van der Waals surface area contributed by atoms with Crippen LogP contribution in [0.15, 0.2) is 0 Å². The first-order valence-corrected chi connectivity index (χ1v) is 7.46. The summed E-state index contributed by atoms with van der Waals surface area (Å²) in [5.74, 6) is 0. The van der Waals surface area contributed by atoms with Gasteiger partial charge in [0.25, 0.3) is 0 Å². The number of rotatable bonds is 5. The Morgan fingerprint density at radius 3 is 2.89 bits per heavy atom. The Morgan fingerprint density at radius 1 is 1.56 bits per heavy atom. The van der Waals surface area contributed by atoms with Crippen molar-refractivity contribution in [3.63, 3.8) is 0 Å². The Bertz CT molecular complexity index is 394. The van der Waals surface area contributed by atoms with E-state index in [0.717, 1.165) is 31.1 Å². The van der Waals surface area contributed by atoms with Gasteiger partial charge in [0.05, 0.1) is 17.8 Å². The smallest absolute Gasteiger partial charge is 0.185 e. The molecule has 0 radical (unpaired) electrons. The Morgan fingerprint density at radius 2 is 2.33 bits per heavy atom. The molecule has 0 saturated carbocycles. The molecule has 1 fully saturated rings. The minimum Gasteiger partial charge on any atom is -0.376 e. The Kier molecular flexibility index (Phi) is 4.59. The highest BCUT2D eigenvalue weighted by molar-refractivity contribution is 7.15. The number of aryl methyl sites for hydroxylation is 1. The SMILES string of the molecule is CCc1nc(N(C)C2CCOC2C)sc1CNC. The van der Waals surface area contributed by atoms with Crippen LogP contribution in [0.2, 0.25) is 0 Å². The number of likely N-dealkylation sites (N-methyl/N-ethyl adjacent to an activating group) is 1. The minimum atomic E-state index is 0.303. The van der Waals surface area contributed by atoms with Crippen LogP contribution in [0.25, 0.3) is 0 Å². The van der Waals surface area contributed by atoms with Gasteiger partial charge in [0.15, 0.2) is 5.13 Å². The summed E-state index contributed by atoms with van der Waals surface area (Å²) in [5.41, 5.74) is 1.22. The van der Waals surface area contributed by atoms with Gasteiger partial charge in [-0.15, -0.1) is 11.3 Å². The molecule has 1 aromatic heterocycles. The Balaban J connectivity index is 2.16. The van der Waals surface area contributed by atoms with Crippen molar-refractivity contribution in [2.45, 2.75) is 45.4 Å². The van der Waals surface area contributed by atoms with E-state index in [0.29, 0.717) is 12.1 Å². The average molecular weight is 269 g/mol. The molecule has 0 bridgehead atoms. The van der Waals surface area contributed by atoms with E-state index in [1.165, 1.54) is 10.6 Å². The lowest BCUT2D eigenvalue weighted by molar-refractivity contribution is 0.118. The maximum atomic E-state index is 5.64. The van der Waals surface area contributed by atoms with E-state index >= 15 is 0 Å². The summed E-state index contributed by atoms with van der Waals surface area (Å²) < 4.78 is 5.64. The molecular formula is C13H23N3OS. The predicted molar refractivity (Wildman–Crippen MR) is 76.5 cm³/mol. The lowest BCUT2D eigenvalue weighted by atomic mass is 10.1. The van der Waals surface area contributed by atoms with Gasteiger partial charge < -0.3 is 15.0 Å². The van der Waals surface area contributed by atoms with Crippen molar-refractivity contribution < 1.29 is 4.74 Å². The lowest BCUT2D eigenvalue weighted by Gasteiger charge is -2.26. The van der Waals surface area contributed by atoms with Gasteiger partial charge in [0, 0.05) is 25.1 Å². The highest BCUT2D eigenvalue weighted by Crippen LogP contribution is 2.30. The highest BCUT2D eigenvalue weighted by Gasteiger charge is 2.29. The van der Waals surface area contributed by atoms with Crippen LogP contribution < -0.4 is 10.2 Å². The van der Waals surface area contributed by atoms with Crippen molar-refractivity contribution in [3.05, 3.63) is 10.6 Å². The average Bonchev–Trinajstić information content (AvgIpc) is 2.95. The molecule has 1 N–H and O–H groups in total. The molecule has 102 valence electrons. The second-order valence-electron chi connectivity index (χ2n) is 4.79. The van der Waals surface area contributed by atoms with Gasteiger partial charge in [-0.2, -0.15) is 0 Å². The van der Waals surface area contributed by atoms with E-state index in [1.807, 2.05) is 7.05 Å². The van der Waals surface area contributed by atoms with Gasteiger partial charge in [-0.05, 0) is 26.8 Å². The van der Waals surface area contributed by atoms with Crippen LogP contribution >= 0.6 is 11.3 Å². The molecular weight excluding hydrogens is 246 g/mol. The summed E-state index contributed by atoms with van der Waals surface area (Å²) >= 11 is 1.80. The fourth-order valence-electron chi connectivity index (χ4n) is 2.47. The monoisotopic (exact) mass is 269 g/mol. The molecule has 0 spiro atoms. The number of anilines is 1. The Labute approximate surface area is 113 Å². The number of ether oxygens (including phenoxy) is 1. The van der Waals surface area contributed by atoms with Gasteiger partial charge >= 0.3 is 0 Å². The number of nitrogens with one attached hydrogen (secondary N) is 1. The fourth-order valence-corrected chi connectivity index (χ4v) is 3.65. The predicted octanol–water partition coefficient (Wildman–Crippen LogP) is 2.04. The third-order valence-electron chi connectivity index (χ3n) is 3.57. The molecule has 2 heterocycles. The molecule has 1 saturated heterocycles. The molecule has 5 heteroatoms. The standard InChI is InChI=1S/C13H23N3OS/c1-5-10-12(8-14-3)18-13(15-10)16(4)11-6-7-17-9(11)2/h9,11,14H,5-8H2,1-4H3. The number of hydrogen-bond donors (Lipinski definition) is 1. The molecule has 0 aromatic carbocycles. The third kappa shape index (κ3) is 2.68. The molecule has 0 amide bonds. The minimum absolute atomic E-state index is 0.303. The zero-order valence-corrected chi connectivity index (χ0v) is 12.5. The van der Waals surface area contributed by atoms with Crippen molar-refractivity contribution in [3.8, 4) is 0 Å². The van der Waals surface area contributed by atoms with Gasteiger partial charge in [0.1, 0.15) is 0 Å². The van der Waals surface area contributed by atoms with Crippen LogP contribution in [0, 0.1) is 0 Å². The first-order valence-electron chi connectivity index (χ1n) is 6.65. The molecule has 1 aromatic rings. The third-order valence-corrected chi connectivity index (χ3v) is 4.76. The van der Waals surface area contributed by atoms with Gasteiger partial charge in [-0.1, -0.05) is 6.92 Å². The first kappa shape index (κ1) is 13.8. The summed E-state index contributed by atoms with van der Waals surface area (Å²) in [6.45, 7) is 6.09. The molecule has 1 aliphatic rings. The van der Waals surface area contributed by atoms with Crippen molar-refractivity contribution in [2.24, 2.45) is 0 Å². The first-order chi connectivity index (χ1) is 8.67. The Hall–Kier alpha value is -0.650. The molecule has 2 atom stereocenters. The number of aromatic nitrogens is 1. The molecule has 18 heavy (non-hydrogen) atoms. The summed E-state index contributed by atoms with van der Waals surface area (Å²) in [6.07, 6.45) is 2.40. The van der Waals surface area contributed by atoms with Crippen molar-refractivity contribution in [1.29, 1.82) is 0 Å². The fraction of sp³-hybridized carbons (Fsp3) is 0.769. The number of nitrogens with zero attached hydrogens (tertiary/aromatic N) is 2. The highest BCUT2D eigenvalue weighted by atomic mass is 32.1. The summed E-state index contributed by atoms with van der Waals surface area (Å²) in [5, 5.41) is 4.34. The quantitative estimate of drug-likeness (QED) is 0.887. The maximum absolute atomic E-state index is 5.64. The zero-order valence-electron chi connectivity index (χ0n) is 11.7. The normalized spacial score (nSPS) is 23.6. The van der Waals surface area contributed by atoms with Crippen LogP contribution in [0.1, 0.15) is 30.8 Å². The van der Waals surface area contributed by atoms with Crippen molar-refractivity contribution >= 4 is 16.5 Å². The van der Waals surface area contributed by atoms with Crippen molar-refractivity contribution in [1.82, 2.24) is 10.3 Å². The van der Waals surface area contributed by atoms with Crippen LogP contribution in [0.3, 0.4) is 0 Å². The largest absolute Gasteiger partial charge is 0.376 e. The van der Waals surface area contributed by atoms with Crippen LogP contribution in [-0.4, -0.2) is 37.8 Å². The summed E-state index contributed by atoms with van der Waals surface area (Å²) in [7, 11) is 4.12. The topological polar surface area (TPSA) is 37.4 Å². The molecule has 4 nitrogen and oxygen atoms in total. The second kappa shape index (κ2) is 5.99. The lowest BCUT2D eigenvalue weighted by Crippen LogP contribution is -2.36. The van der Waals surface area contributed by atoms with Crippen molar-refractivity contribution in [2.75, 3.05) is 25.6 Å². The van der Waals surface area contributed by atoms with E-state index in [4.69, 9.17) is 9.72 Å². The molecule has 2 unspecified atom stereocenters. The van der Waals surface area contributed by atoms with E-state index in [2.05, 4.69) is 31.1 Å². The van der Waals surface area contributed by atoms with Gasteiger partial charge in [-0.3, -0.25) is 0 Å². The summed E-state index contributed by atoms with van der Waals surface area (Å²) in [4.78, 5) is 8.42. The molecule has 2 rings (SSSR count). The second-order valence-corrected chi connectivity index (χ2v) is 5.86. The molecule has 0 aliphatic carbocycles. The van der Waals surface area contributed by atoms with E-state index < -0.39 is 0 Å². The van der Waals surface area contributed by atoms with Crippen LogP contribution in [-0.2, 0) is 17.7 Å². The van der Waals surface area contributed by atoms with E-state index in [-0.39, 0.29) is 0 Å². The maximum Gasteiger partial charge on any atom is 0.185 e. The van der Waals surface area contributed by atoms with Gasteiger partial charge in [0.2, 0.25) is 0 Å². The van der Waals surface area contributed by atoms with Crippen LogP contribution in [0.4, 0.5) is 5.13 Å². The summed E-state index contributed by atoms with van der Waals surface area (Å²) in [6, 6.07) is 0.461. The zero-order chi connectivity index (χ0) is 13.1. The number of thiazole rings is 1. The van der Waals surface area contributed by atoms with Gasteiger partial charge in [-0.25, -0.2) is 4.98 Å². The van der Waals surface area contributed by atoms with Crippen LogP contribution in [0.5, 0.6) is 0 Å².